The summed E-state index contributed by atoms with van der Waals surface area (Å²) < 4.78 is 18.1. The van der Waals surface area contributed by atoms with Crippen LogP contribution in [0.2, 0.25) is 0 Å². The molecular formula is C21H34O4. The van der Waals surface area contributed by atoms with Crippen molar-refractivity contribution in [3.8, 4) is 0 Å². The molecule has 142 valence electrons. The Hall–Kier alpha value is -0.870. The average Bonchev–Trinajstić information content (AvgIpc) is 3.09. The second-order valence-corrected chi connectivity index (χ2v) is 8.81. The molecule has 0 bridgehead atoms. The van der Waals surface area contributed by atoms with Gasteiger partial charge in [0.15, 0.2) is 11.9 Å². The lowest BCUT2D eigenvalue weighted by molar-refractivity contribution is -0.268. The molecule has 0 spiro atoms. The number of carbonyl (C=O) groups excluding carboxylic acids is 1. The van der Waals surface area contributed by atoms with E-state index < -0.39 is 11.9 Å². The number of hydrogen-bond acceptors (Lipinski definition) is 4. The van der Waals surface area contributed by atoms with Crippen LogP contribution in [-0.2, 0) is 19.0 Å². The molecule has 4 unspecified atom stereocenters. The van der Waals surface area contributed by atoms with Gasteiger partial charge in [-0.25, -0.2) is 4.79 Å². The summed E-state index contributed by atoms with van der Waals surface area (Å²) in [6, 6.07) is 0. The monoisotopic (exact) mass is 350 g/mol. The van der Waals surface area contributed by atoms with Gasteiger partial charge in [-0.15, -0.1) is 0 Å². The summed E-state index contributed by atoms with van der Waals surface area (Å²) in [5.74, 6) is 0.147. The van der Waals surface area contributed by atoms with E-state index in [1.54, 1.807) is 6.08 Å². The van der Waals surface area contributed by atoms with Crippen LogP contribution in [0, 0.1) is 17.3 Å². The van der Waals surface area contributed by atoms with Gasteiger partial charge in [0.25, 0.3) is 0 Å². The van der Waals surface area contributed by atoms with Crippen molar-refractivity contribution in [2.75, 3.05) is 6.61 Å². The zero-order chi connectivity index (χ0) is 18.1. The van der Waals surface area contributed by atoms with E-state index in [1.165, 1.54) is 12.8 Å². The highest BCUT2D eigenvalue weighted by Gasteiger charge is 2.56. The van der Waals surface area contributed by atoms with Crippen molar-refractivity contribution in [2.24, 2.45) is 17.3 Å². The highest BCUT2D eigenvalue weighted by molar-refractivity contribution is 5.75. The minimum absolute atomic E-state index is 0.240. The van der Waals surface area contributed by atoms with Crippen LogP contribution in [0.3, 0.4) is 0 Å². The number of hydrogen-bond donors (Lipinski definition) is 0. The number of esters is 1. The molecule has 3 rings (SSSR count). The minimum atomic E-state index is -0.558. The lowest BCUT2D eigenvalue weighted by atomic mass is 9.67. The van der Waals surface area contributed by atoms with Gasteiger partial charge in [0.05, 0.1) is 6.10 Å². The first kappa shape index (κ1) is 18.9. The zero-order valence-corrected chi connectivity index (χ0v) is 16.1. The van der Waals surface area contributed by atoms with Gasteiger partial charge < -0.3 is 14.2 Å². The Balaban J connectivity index is 1.66. The van der Waals surface area contributed by atoms with Crippen LogP contribution in [0.5, 0.6) is 0 Å². The second kappa shape index (κ2) is 7.40. The molecular weight excluding hydrogens is 316 g/mol. The number of carbonyl (C=O) groups is 1. The molecule has 0 aromatic carbocycles. The van der Waals surface area contributed by atoms with Gasteiger partial charge in [-0.1, -0.05) is 39.8 Å². The molecule has 0 N–H and O–H groups in total. The van der Waals surface area contributed by atoms with E-state index in [4.69, 9.17) is 14.2 Å². The van der Waals surface area contributed by atoms with Gasteiger partial charge in [-0.05, 0) is 49.9 Å². The highest BCUT2D eigenvalue weighted by Crippen LogP contribution is 2.52. The summed E-state index contributed by atoms with van der Waals surface area (Å²) in [5, 5.41) is 0. The van der Waals surface area contributed by atoms with Crippen molar-refractivity contribution in [3.63, 3.8) is 0 Å². The van der Waals surface area contributed by atoms with Gasteiger partial charge >= 0.3 is 5.97 Å². The molecule has 3 aliphatic rings. The molecule has 1 aliphatic heterocycles. The smallest absolute Gasteiger partial charge is 0.335 e. The molecule has 0 amide bonds. The molecule has 3 fully saturated rings. The van der Waals surface area contributed by atoms with Gasteiger partial charge in [0.1, 0.15) is 6.61 Å². The van der Waals surface area contributed by atoms with E-state index in [9.17, 15) is 4.79 Å². The van der Waals surface area contributed by atoms with Crippen molar-refractivity contribution in [1.82, 2.24) is 0 Å². The summed E-state index contributed by atoms with van der Waals surface area (Å²) >= 11 is 0. The molecule has 2 aliphatic carbocycles. The van der Waals surface area contributed by atoms with E-state index in [1.807, 2.05) is 0 Å². The summed E-state index contributed by atoms with van der Waals surface area (Å²) in [6.07, 6.45) is 9.86. The van der Waals surface area contributed by atoms with Crippen LogP contribution < -0.4 is 0 Å². The van der Waals surface area contributed by atoms with Crippen LogP contribution in [0.4, 0.5) is 0 Å². The quantitative estimate of drug-likeness (QED) is 0.518. The fourth-order valence-corrected chi connectivity index (χ4v) is 4.94. The Bertz CT molecular complexity index is 502. The van der Waals surface area contributed by atoms with Crippen LogP contribution in [0.15, 0.2) is 12.7 Å². The second-order valence-electron chi connectivity index (χ2n) is 8.81. The van der Waals surface area contributed by atoms with E-state index >= 15 is 0 Å². The SMILES string of the molecule is C=CCOC(=O)C1CC2CCC[C@]2(OC2CCCC(C)(C(C)C)C2)O1. The predicted molar refractivity (Wildman–Crippen MR) is 97.0 cm³/mol. The lowest BCUT2D eigenvalue weighted by Crippen LogP contribution is -2.43. The third-order valence-corrected chi connectivity index (χ3v) is 6.87. The third kappa shape index (κ3) is 3.80. The Kier molecular flexibility index (Phi) is 5.60. The van der Waals surface area contributed by atoms with Gasteiger partial charge in [-0.3, -0.25) is 0 Å². The molecule has 1 saturated heterocycles. The molecule has 4 heteroatoms. The molecule has 0 radical (unpaired) electrons. The first-order valence-corrected chi connectivity index (χ1v) is 10.0. The number of ether oxygens (including phenoxy) is 3. The Morgan fingerprint density at radius 2 is 2.08 bits per heavy atom. The number of rotatable bonds is 6. The molecule has 0 aromatic heterocycles. The Morgan fingerprint density at radius 3 is 2.80 bits per heavy atom. The third-order valence-electron chi connectivity index (χ3n) is 6.87. The van der Waals surface area contributed by atoms with E-state index in [2.05, 4.69) is 27.4 Å². The van der Waals surface area contributed by atoms with Crippen molar-refractivity contribution >= 4 is 5.97 Å². The van der Waals surface area contributed by atoms with Gasteiger partial charge in [-0.2, -0.15) is 0 Å². The van der Waals surface area contributed by atoms with E-state index in [-0.39, 0.29) is 18.7 Å². The lowest BCUT2D eigenvalue weighted by Gasteiger charge is -2.44. The van der Waals surface area contributed by atoms with E-state index in [0.29, 0.717) is 17.3 Å². The highest BCUT2D eigenvalue weighted by atomic mass is 16.7. The average molecular weight is 350 g/mol. The fourth-order valence-electron chi connectivity index (χ4n) is 4.94. The van der Waals surface area contributed by atoms with Gasteiger partial charge in [0, 0.05) is 12.3 Å². The van der Waals surface area contributed by atoms with Crippen LogP contribution in [-0.4, -0.2) is 30.6 Å². The summed E-state index contributed by atoms with van der Waals surface area (Å²) in [6.45, 7) is 10.9. The van der Waals surface area contributed by atoms with Crippen LogP contribution in [0.25, 0.3) is 0 Å². The minimum Gasteiger partial charge on any atom is -0.460 e. The van der Waals surface area contributed by atoms with E-state index in [0.717, 1.165) is 38.5 Å². The fraction of sp³-hybridized carbons (Fsp3) is 0.857. The van der Waals surface area contributed by atoms with Crippen molar-refractivity contribution in [1.29, 1.82) is 0 Å². The Labute approximate surface area is 152 Å². The zero-order valence-electron chi connectivity index (χ0n) is 16.1. The van der Waals surface area contributed by atoms with Crippen molar-refractivity contribution in [2.45, 2.75) is 90.1 Å². The normalized spacial score (nSPS) is 40.9. The maximum atomic E-state index is 12.2. The van der Waals surface area contributed by atoms with Crippen LogP contribution in [0.1, 0.15) is 72.1 Å². The maximum Gasteiger partial charge on any atom is 0.335 e. The molecule has 4 nitrogen and oxygen atoms in total. The predicted octanol–water partition coefficient (Wildman–Crippen LogP) is 4.62. The Morgan fingerprint density at radius 1 is 1.32 bits per heavy atom. The molecule has 2 saturated carbocycles. The van der Waals surface area contributed by atoms with Crippen LogP contribution >= 0.6 is 0 Å². The first-order chi connectivity index (χ1) is 11.9. The standard InChI is InChI=1S/C21H34O4/c1-5-12-23-19(22)18-13-16-8-6-11-21(16,25-18)24-17-9-7-10-20(4,14-17)15(2)3/h5,15-18H,1,6-14H2,2-4H3/t16?,17?,18?,20?,21-/m0/s1. The largest absolute Gasteiger partial charge is 0.460 e. The summed E-state index contributed by atoms with van der Waals surface area (Å²) in [4.78, 5) is 12.2. The maximum absolute atomic E-state index is 12.2. The number of fused-ring (bicyclic) bond motifs is 1. The van der Waals surface area contributed by atoms with Crippen molar-refractivity contribution in [3.05, 3.63) is 12.7 Å². The first-order valence-electron chi connectivity index (χ1n) is 10.0. The molecule has 0 aromatic rings. The summed E-state index contributed by atoms with van der Waals surface area (Å²) in [5.41, 5.74) is 0.342. The molecule has 25 heavy (non-hydrogen) atoms. The summed E-state index contributed by atoms with van der Waals surface area (Å²) in [7, 11) is 0. The van der Waals surface area contributed by atoms with Gasteiger partial charge in [0.2, 0.25) is 0 Å². The molecule has 1 heterocycles. The molecule has 5 atom stereocenters. The topological polar surface area (TPSA) is 44.8 Å². The van der Waals surface area contributed by atoms with Crippen molar-refractivity contribution < 1.29 is 19.0 Å².